The molecule has 1 aromatic heterocycles. The van der Waals surface area contributed by atoms with Crippen LogP contribution in [0.4, 0.5) is 10.3 Å². The second kappa shape index (κ2) is 5.09. The smallest absolute Gasteiger partial charge is 0.201 e. The standard InChI is InChI=1S/C16H16FN3O/c1-10(11-6-3-4-7-12(11)17)20-13-8-5-9-14(21-2)15(13)19-16(20)18/h3-10H,1-2H3,(H2,18,19). The molecule has 2 N–H and O–H groups in total. The van der Waals surface area contributed by atoms with Crippen molar-refractivity contribution in [2.45, 2.75) is 13.0 Å². The summed E-state index contributed by atoms with van der Waals surface area (Å²) in [5.41, 5.74) is 8.12. The Labute approximate surface area is 122 Å². The number of fused-ring (bicyclic) bond motifs is 1. The van der Waals surface area contributed by atoms with Crippen LogP contribution in [0.1, 0.15) is 18.5 Å². The van der Waals surface area contributed by atoms with Gasteiger partial charge < -0.3 is 15.0 Å². The van der Waals surface area contributed by atoms with Crippen LogP contribution in [-0.2, 0) is 0 Å². The first-order valence-electron chi connectivity index (χ1n) is 6.68. The van der Waals surface area contributed by atoms with E-state index >= 15 is 0 Å². The van der Waals surface area contributed by atoms with Crippen molar-refractivity contribution in [2.24, 2.45) is 0 Å². The zero-order valence-corrected chi connectivity index (χ0v) is 11.9. The van der Waals surface area contributed by atoms with Crippen LogP contribution in [0.5, 0.6) is 5.75 Å². The van der Waals surface area contributed by atoms with Gasteiger partial charge in [-0.25, -0.2) is 9.37 Å². The molecule has 1 unspecified atom stereocenters. The van der Waals surface area contributed by atoms with Crippen molar-refractivity contribution in [2.75, 3.05) is 12.8 Å². The minimum atomic E-state index is -0.261. The maximum absolute atomic E-state index is 14.0. The number of nitrogen functional groups attached to an aromatic ring is 1. The van der Waals surface area contributed by atoms with Gasteiger partial charge in [0.15, 0.2) is 0 Å². The molecule has 2 aromatic carbocycles. The lowest BCUT2D eigenvalue weighted by Gasteiger charge is -2.17. The summed E-state index contributed by atoms with van der Waals surface area (Å²) in [6, 6.07) is 12.0. The van der Waals surface area contributed by atoms with Crippen LogP contribution in [0, 0.1) is 5.82 Å². The Bertz CT molecular complexity index is 797. The van der Waals surface area contributed by atoms with Crippen LogP contribution in [0.2, 0.25) is 0 Å². The summed E-state index contributed by atoms with van der Waals surface area (Å²) in [5.74, 6) is 0.734. The summed E-state index contributed by atoms with van der Waals surface area (Å²) in [7, 11) is 1.59. The highest BCUT2D eigenvalue weighted by molar-refractivity contribution is 5.84. The molecule has 0 aliphatic rings. The van der Waals surface area contributed by atoms with Gasteiger partial charge in [-0.2, -0.15) is 0 Å². The van der Waals surface area contributed by atoms with Gasteiger partial charge in [-0.05, 0) is 25.1 Å². The van der Waals surface area contributed by atoms with E-state index in [4.69, 9.17) is 10.5 Å². The van der Waals surface area contributed by atoms with E-state index in [1.807, 2.05) is 35.8 Å². The molecular formula is C16H16FN3O. The molecule has 0 spiro atoms. The van der Waals surface area contributed by atoms with Gasteiger partial charge in [-0.1, -0.05) is 24.3 Å². The molecule has 0 amide bonds. The normalized spacial score (nSPS) is 12.5. The molecule has 0 saturated carbocycles. The molecule has 1 atom stereocenters. The number of benzene rings is 2. The molecule has 0 aliphatic heterocycles. The number of ether oxygens (including phenoxy) is 1. The van der Waals surface area contributed by atoms with Gasteiger partial charge in [0.25, 0.3) is 0 Å². The number of methoxy groups -OCH3 is 1. The van der Waals surface area contributed by atoms with Crippen LogP contribution in [0.3, 0.4) is 0 Å². The number of hydrogen-bond acceptors (Lipinski definition) is 3. The Morgan fingerprint density at radius 2 is 1.95 bits per heavy atom. The number of hydrogen-bond donors (Lipinski definition) is 1. The van der Waals surface area contributed by atoms with E-state index in [1.165, 1.54) is 6.07 Å². The number of nitrogens with zero attached hydrogens (tertiary/aromatic N) is 2. The Hall–Kier alpha value is -2.56. The predicted octanol–water partition coefficient (Wildman–Crippen LogP) is 3.38. The fraction of sp³-hybridized carbons (Fsp3) is 0.188. The average Bonchev–Trinajstić information content (AvgIpc) is 2.82. The molecule has 21 heavy (non-hydrogen) atoms. The number of imidazole rings is 1. The monoisotopic (exact) mass is 285 g/mol. The van der Waals surface area contributed by atoms with Gasteiger partial charge >= 0.3 is 0 Å². The Balaban J connectivity index is 2.21. The van der Waals surface area contributed by atoms with Gasteiger partial charge in [0, 0.05) is 5.56 Å². The number of halogens is 1. The fourth-order valence-electron chi connectivity index (χ4n) is 2.63. The second-order valence-corrected chi connectivity index (χ2v) is 4.87. The van der Waals surface area contributed by atoms with E-state index in [2.05, 4.69) is 4.98 Å². The van der Waals surface area contributed by atoms with Gasteiger partial charge in [0.05, 0.1) is 18.7 Å². The lowest BCUT2D eigenvalue weighted by Crippen LogP contribution is -2.11. The summed E-state index contributed by atoms with van der Waals surface area (Å²) in [6.07, 6.45) is 0. The minimum absolute atomic E-state index is 0.255. The highest BCUT2D eigenvalue weighted by Crippen LogP contribution is 2.32. The average molecular weight is 285 g/mol. The maximum atomic E-state index is 14.0. The molecule has 0 saturated heterocycles. The molecule has 3 aromatic rings. The number of aromatic nitrogens is 2. The molecule has 1 heterocycles. The van der Waals surface area contributed by atoms with Gasteiger partial charge in [-0.15, -0.1) is 0 Å². The first-order valence-corrected chi connectivity index (χ1v) is 6.68. The summed E-state index contributed by atoms with van der Waals surface area (Å²) in [4.78, 5) is 4.35. The SMILES string of the molecule is COc1cccc2c1nc(N)n2C(C)c1ccccc1F. The summed E-state index contributed by atoms with van der Waals surface area (Å²) < 4.78 is 21.1. The van der Waals surface area contributed by atoms with Crippen molar-refractivity contribution in [1.82, 2.24) is 9.55 Å². The highest BCUT2D eigenvalue weighted by atomic mass is 19.1. The van der Waals surface area contributed by atoms with Crippen LogP contribution in [0.15, 0.2) is 42.5 Å². The van der Waals surface area contributed by atoms with E-state index in [-0.39, 0.29) is 11.9 Å². The second-order valence-electron chi connectivity index (χ2n) is 4.87. The fourth-order valence-corrected chi connectivity index (χ4v) is 2.63. The summed E-state index contributed by atoms with van der Waals surface area (Å²) in [6.45, 7) is 1.90. The van der Waals surface area contributed by atoms with Crippen LogP contribution in [0.25, 0.3) is 11.0 Å². The van der Waals surface area contributed by atoms with Crippen molar-refractivity contribution >= 4 is 17.0 Å². The molecule has 5 heteroatoms. The van der Waals surface area contributed by atoms with E-state index < -0.39 is 0 Å². The summed E-state index contributed by atoms with van der Waals surface area (Å²) >= 11 is 0. The van der Waals surface area contributed by atoms with Crippen molar-refractivity contribution in [1.29, 1.82) is 0 Å². The lowest BCUT2D eigenvalue weighted by atomic mass is 10.1. The molecule has 0 bridgehead atoms. The van der Waals surface area contributed by atoms with Crippen LogP contribution >= 0.6 is 0 Å². The molecule has 0 fully saturated rings. The summed E-state index contributed by atoms with van der Waals surface area (Å²) in [5, 5.41) is 0. The molecule has 3 rings (SSSR count). The van der Waals surface area contributed by atoms with Crippen molar-refractivity contribution in [3.8, 4) is 5.75 Å². The minimum Gasteiger partial charge on any atom is -0.494 e. The molecular weight excluding hydrogens is 269 g/mol. The third kappa shape index (κ3) is 2.11. The molecule has 0 radical (unpaired) electrons. The Kier molecular flexibility index (Phi) is 3.25. The third-order valence-electron chi connectivity index (χ3n) is 3.67. The van der Waals surface area contributed by atoms with Crippen molar-refractivity contribution < 1.29 is 9.13 Å². The van der Waals surface area contributed by atoms with Gasteiger partial charge in [0.2, 0.25) is 5.95 Å². The molecule has 0 aliphatic carbocycles. The van der Waals surface area contributed by atoms with Crippen LogP contribution in [-0.4, -0.2) is 16.7 Å². The zero-order valence-electron chi connectivity index (χ0n) is 11.9. The van der Waals surface area contributed by atoms with Gasteiger partial charge in [-0.3, -0.25) is 0 Å². The topological polar surface area (TPSA) is 53.1 Å². The third-order valence-corrected chi connectivity index (χ3v) is 3.67. The van der Waals surface area contributed by atoms with E-state index in [9.17, 15) is 4.39 Å². The molecule has 108 valence electrons. The Morgan fingerprint density at radius 1 is 1.19 bits per heavy atom. The van der Waals surface area contributed by atoms with Crippen molar-refractivity contribution in [3.63, 3.8) is 0 Å². The van der Waals surface area contributed by atoms with Gasteiger partial charge in [0.1, 0.15) is 17.1 Å². The highest BCUT2D eigenvalue weighted by Gasteiger charge is 2.19. The number of para-hydroxylation sites is 1. The maximum Gasteiger partial charge on any atom is 0.201 e. The lowest BCUT2D eigenvalue weighted by molar-refractivity contribution is 0.419. The number of anilines is 1. The van der Waals surface area contributed by atoms with E-state index in [1.54, 1.807) is 19.2 Å². The van der Waals surface area contributed by atoms with E-state index in [0.717, 1.165) is 5.52 Å². The largest absolute Gasteiger partial charge is 0.494 e. The zero-order chi connectivity index (χ0) is 15.0. The number of rotatable bonds is 3. The van der Waals surface area contributed by atoms with E-state index in [0.29, 0.717) is 22.8 Å². The number of nitrogens with two attached hydrogens (primary N) is 1. The Morgan fingerprint density at radius 3 is 2.67 bits per heavy atom. The molecule has 4 nitrogen and oxygen atoms in total. The first kappa shape index (κ1) is 13.4. The predicted molar refractivity (Wildman–Crippen MR) is 80.9 cm³/mol. The van der Waals surface area contributed by atoms with Crippen LogP contribution < -0.4 is 10.5 Å². The van der Waals surface area contributed by atoms with Crippen molar-refractivity contribution in [3.05, 3.63) is 53.8 Å². The first-order chi connectivity index (χ1) is 10.1. The quantitative estimate of drug-likeness (QED) is 0.802.